The van der Waals surface area contributed by atoms with Gasteiger partial charge in [0.05, 0.1) is 0 Å². The number of aromatic nitrogens is 4. The maximum absolute atomic E-state index is 13.1. The summed E-state index contributed by atoms with van der Waals surface area (Å²) in [6, 6.07) is 8.41. The van der Waals surface area contributed by atoms with Crippen LogP contribution < -0.4 is 0 Å². The first-order valence-electron chi connectivity index (χ1n) is 9.04. The molecule has 3 aromatic rings. The minimum atomic E-state index is -0.225. The molecule has 3 heterocycles. The second-order valence-electron chi connectivity index (χ2n) is 6.81. The molecule has 1 aliphatic rings. The summed E-state index contributed by atoms with van der Waals surface area (Å²) in [7, 11) is 0. The lowest BCUT2D eigenvalue weighted by Gasteiger charge is -2.21. The Hall–Kier alpha value is -2.87. The van der Waals surface area contributed by atoms with Crippen LogP contribution in [0.5, 0.6) is 0 Å². The van der Waals surface area contributed by atoms with E-state index in [1.807, 2.05) is 17.9 Å². The molecule has 2 aromatic heterocycles. The average Bonchev–Trinajstić information content (AvgIpc) is 2.93. The number of rotatable bonds is 3. The lowest BCUT2D eigenvalue weighted by atomic mass is 10.2. The Morgan fingerprint density at radius 3 is 2.70 bits per heavy atom. The van der Waals surface area contributed by atoms with Crippen molar-refractivity contribution >= 4 is 11.7 Å². The molecular formula is C19H21FN6O. The lowest BCUT2D eigenvalue weighted by molar-refractivity contribution is 0.0747. The van der Waals surface area contributed by atoms with E-state index in [-0.39, 0.29) is 11.7 Å². The Labute approximate surface area is 156 Å². The van der Waals surface area contributed by atoms with Crippen molar-refractivity contribution in [2.45, 2.75) is 19.9 Å². The SMILES string of the molecule is Cc1ccn2c(C(=O)N3CCCN(Cc4ccc(F)cc4)CC3)nnc2n1. The molecular weight excluding hydrogens is 347 g/mol. The summed E-state index contributed by atoms with van der Waals surface area (Å²) in [5.41, 5.74) is 1.90. The van der Waals surface area contributed by atoms with Gasteiger partial charge in [-0.05, 0) is 37.1 Å². The molecule has 4 rings (SSSR count). The fraction of sp³-hybridized carbons (Fsp3) is 0.368. The van der Waals surface area contributed by atoms with Gasteiger partial charge in [-0.3, -0.25) is 14.1 Å². The van der Waals surface area contributed by atoms with E-state index in [9.17, 15) is 9.18 Å². The molecule has 0 unspecified atom stereocenters. The molecule has 0 saturated carbocycles. The molecule has 0 atom stereocenters. The van der Waals surface area contributed by atoms with Gasteiger partial charge >= 0.3 is 0 Å². The number of halogens is 1. The Morgan fingerprint density at radius 2 is 1.89 bits per heavy atom. The van der Waals surface area contributed by atoms with Crippen molar-refractivity contribution in [2.24, 2.45) is 0 Å². The van der Waals surface area contributed by atoms with E-state index in [2.05, 4.69) is 20.1 Å². The van der Waals surface area contributed by atoms with E-state index in [0.29, 0.717) is 24.7 Å². The zero-order valence-corrected chi connectivity index (χ0v) is 15.2. The molecule has 0 aliphatic carbocycles. The predicted octanol–water partition coefficient (Wildman–Crippen LogP) is 1.92. The van der Waals surface area contributed by atoms with Crippen LogP contribution in [-0.4, -0.2) is 61.5 Å². The maximum Gasteiger partial charge on any atom is 0.292 e. The minimum Gasteiger partial charge on any atom is -0.335 e. The molecule has 1 saturated heterocycles. The number of benzene rings is 1. The number of fused-ring (bicyclic) bond motifs is 1. The first kappa shape index (κ1) is 17.5. The summed E-state index contributed by atoms with van der Waals surface area (Å²) in [6.45, 7) is 5.57. The second-order valence-corrected chi connectivity index (χ2v) is 6.81. The molecule has 0 spiro atoms. The summed E-state index contributed by atoms with van der Waals surface area (Å²) >= 11 is 0. The van der Waals surface area contributed by atoms with Gasteiger partial charge in [0.25, 0.3) is 11.7 Å². The van der Waals surface area contributed by atoms with Crippen molar-refractivity contribution in [1.29, 1.82) is 0 Å². The lowest BCUT2D eigenvalue weighted by Crippen LogP contribution is -2.36. The van der Waals surface area contributed by atoms with Crippen molar-refractivity contribution in [3.05, 3.63) is 59.4 Å². The normalized spacial score (nSPS) is 15.9. The Morgan fingerprint density at radius 1 is 1.07 bits per heavy atom. The maximum atomic E-state index is 13.1. The monoisotopic (exact) mass is 368 g/mol. The molecule has 1 fully saturated rings. The molecule has 1 aliphatic heterocycles. The third-order valence-corrected chi connectivity index (χ3v) is 4.81. The highest BCUT2D eigenvalue weighted by molar-refractivity contribution is 5.91. The summed E-state index contributed by atoms with van der Waals surface area (Å²) in [6.07, 6.45) is 2.66. The first-order valence-corrected chi connectivity index (χ1v) is 9.04. The molecule has 1 amide bonds. The number of amides is 1. The van der Waals surface area contributed by atoms with Crippen LogP contribution >= 0.6 is 0 Å². The smallest absolute Gasteiger partial charge is 0.292 e. The number of hydrogen-bond acceptors (Lipinski definition) is 5. The zero-order chi connectivity index (χ0) is 18.8. The molecule has 8 heteroatoms. The highest BCUT2D eigenvalue weighted by Crippen LogP contribution is 2.12. The average molecular weight is 368 g/mol. The molecule has 0 bridgehead atoms. The summed E-state index contributed by atoms with van der Waals surface area (Å²) in [5, 5.41) is 8.06. The number of aryl methyl sites for hydroxylation is 1. The van der Waals surface area contributed by atoms with Crippen LogP contribution in [0.1, 0.15) is 28.3 Å². The molecule has 140 valence electrons. The van der Waals surface area contributed by atoms with Crippen molar-refractivity contribution in [1.82, 2.24) is 29.4 Å². The molecule has 7 nitrogen and oxygen atoms in total. The highest BCUT2D eigenvalue weighted by Gasteiger charge is 2.24. The molecule has 0 N–H and O–H groups in total. The number of carbonyl (C=O) groups excluding carboxylic acids is 1. The standard InChI is InChI=1S/C19H21FN6O/c1-14-7-10-26-17(22-23-19(26)21-14)18(27)25-9-2-8-24(11-12-25)13-15-3-5-16(20)6-4-15/h3-7,10H,2,8-9,11-13H2,1H3. The quantitative estimate of drug-likeness (QED) is 0.707. The number of nitrogens with zero attached hydrogens (tertiary/aromatic N) is 6. The van der Waals surface area contributed by atoms with E-state index in [1.165, 1.54) is 12.1 Å². The summed E-state index contributed by atoms with van der Waals surface area (Å²) in [4.78, 5) is 21.3. The van der Waals surface area contributed by atoms with Gasteiger partial charge in [-0.2, -0.15) is 0 Å². The highest BCUT2D eigenvalue weighted by atomic mass is 19.1. The van der Waals surface area contributed by atoms with Gasteiger partial charge in [-0.1, -0.05) is 12.1 Å². The number of hydrogen-bond donors (Lipinski definition) is 0. The van der Waals surface area contributed by atoms with Crippen molar-refractivity contribution in [3.63, 3.8) is 0 Å². The van der Waals surface area contributed by atoms with Gasteiger partial charge < -0.3 is 4.90 Å². The van der Waals surface area contributed by atoms with Gasteiger partial charge in [0.1, 0.15) is 5.82 Å². The van der Waals surface area contributed by atoms with Gasteiger partial charge in [0, 0.05) is 44.6 Å². The third-order valence-electron chi connectivity index (χ3n) is 4.81. The van der Waals surface area contributed by atoms with E-state index < -0.39 is 0 Å². The van der Waals surface area contributed by atoms with Gasteiger partial charge in [0.2, 0.25) is 5.82 Å². The largest absolute Gasteiger partial charge is 0.335 e. The van der Waals surface area contributed by atoms with Gasteiger partial charge in [-0.15, -0.1) is 10.2 Å². The van der Waals surface area contributed by atoms with Gasteiger partial charge in [-0.25, -0.2) is 9.37 Å². The number of carbonyl (C=O) groups is 1. The Kier molecular flexibility index (Phi) is 4.81. The predicted molar refractivity (Wildman–Crippen MR) is 97.7 cm³/mol. The first-order chi connectivity index (χ1) is 13.1. The van der Waals surface area contributed by atoms with Crippen LogP contribution in [0.4, 0.5) is 4.39 Å². The van der Waals surface area contributed by atoms with Crippen LogP contribution in [-0.2, 0) is 6.54 Å². The molecule has 27 heavy (non-hydrogen) atoms. The summed E-state index contributed by atoms with van der Waals surface area (Å²) in [5.74, 6) is 0.379. The van der Waals surface area contributed by atoms with E-state index in [1.54, 1.807) is 22.7 Å². The van der Waals surface area contributed by atoms with E-state index >= 15 is 0 Å². The van der Waals surface area contributed by atoms with Crippen LogP contribution in [0.15, 0.2) is 36.5 Å². The second kappa shape index (κ2) is 7.40. The summed E-state index contributed by atoms with van der Waals surface area (Å²) < 4.78 is 14.7. The van der Waals surface area contributed by atoms with Crippen LogP contribution in [0, 0.1) is 12.7 Å². The molecule has 1 aromatic carbocycles. The topological polar surface area (TPSA) is 66.6 Å². The van der Waals surface area contributed by atoms with Crippen molar-refractivity contribution in [3.8, 4) is 0 Å². The van der Waals surface area contributed by atoms with E-state index in [4.69, 9.17) is 0 Å². The van der Waals surface area contributed by atoms with E-state index in [0.717, 1.165) is 37.3 Å². The Bertz CT molecular complexity index is 954. The van der Waals surface area contributed by atoms with Crippen molar-refractivity contribution in [2.75, 3.05) is 26.2 Å². The zero-order valence-electron chi connectivity index (χ0n) is 15.2. The van der Waals surface area contributed by atoms with Crippen LogP contribution in [0.2, 0.25) is 0 Å². The Balaban J connectivity index is 1.44. The fourth-order valence-electron chi connectivity index (χ4n) is 3.34. The third kappa shape index (κ3) is 3.80. The minimum absolute atomic E-state index is 0.128. The van der Waals surface area contributed by atoms with Crippen LogP contribution in [0.3, 0.4) is 0 Å². The van der Waals surface area contributed by atoms with Crippen LogP contribution in [0.25, 0.3) is 5.78 Å². The van der Waals surface area contributed by atoms with Crippen molar-refractivity contribution < 1.29 is 9.18 Å². The van der Waals surface area contributed by atoms with Gasteiger partial charge in [0.15, 0.2) is 0 Å². The fourth-order valence-corrected chi connectivity index (χ4v) is 3.34. The molecule has 0 radical (unpaired) electrons.